The number of ether oxygens (including phenoxy) is 2. The third kappa shape index (κ3) is 4.33. The van der Waals surface area contributed by atoms with Gasteiger partial charge in [-0.15, -0.1) is 12.4 Å². The molecule has 9 heteroatoms. The van der Waals surface area contributed by atoms with Crippen LogP contribution in [0.15, 0.2) is 47.4 Å². The van der Waals surface area contributed by atoms with Gasteiger partial charge in [0.05, 0.1) is 25.2 Å². The molecule has 0 radical (unpaired) electrons. The Morgan fingerprint density at radius 2 is 1.81 bits per heavy atom. The Bertz CT molecular complexity index is 893. The van der Waals surface area contributed by atoms with E-state index in [0.29, 0.717) is 36.2 Å². The van der Waals surface area contributed by atoms with Crippen LogP contribution < -0.4 is 14.8 Å². The van der Waals surface area contributed by atoms with E-state index in [2.05, 4.69) is 5.32 Å². The van der Waals surface area contributed by atoms with E-state index in [0.717, 1.165) is 5.56 Å². The van der Waals surface area contributed by atoms with Gasteiger partial charge in [-0.3, -0.25) is 0 Å². The second kappa shape index (κ2) is 9.12. The van der Waals surface area contributed by atoms with Crippen LogP contribution in [0.25, 0.3) is 0 Å². The van der Waals surface area contributed by atoms with Crippen molar-refractivity contribution in [2.75, 3.05) is 33.9 Å². The van der Waals surface area contributed by atoms with Crippen molar-refractivity contribution in [3.8, 4) is 11.5 Å². The van der Waals surface area contributed by atoms with Crippen LogP contribution in [0, 0.1) is 0 Å². The van der Waals surface area contributed by atoms with Gasteiger partial charge in [0.25, 0.3) is 0 Å². The van der Waals surface area contributed by atoms with E-state index in [-0.39, 0.29) is 23.3 Å². The number of sulfonamides is 1. The predicted molar refractivity (Wildman–Crippen MR) is 108 cm³/mol. The van der Waals surface area contributed by atoms with Gasteiger partial charge in [-0.2, -0.15) is 4.31 Å². The monoisotopic (exact) mass is 432 g/mol. The van der Waals surface area contributed by atoms with Crippen LogP contribution in [0.4, 0.5) is 0 Å². The molecule has 1 saturated heterocycles. The molecular formula is C18H22Cl2N2O4S. The zero-order valence-electron chi connectivity index (χ0n) is 15.0. The highest BCUT2D eigenvalue weighted by Gasteiger charge is 2.35. The van der Waals surface area contributed by atoms with Gasteiger partial charge in [0.1, 0.15) is 0 Å². The van der Waals surface area contributed by atoms with Crippen molar-refractivity contribution in [3.05, 3.63) is 53.1 Å². The maximum atomic E-state index is 13.3. The standard InChI is InChI=1S/C18H21ClN2O4S.ClH/c1-24-17-8-7-13(11-18(17)25-2)26(22,23)21-10-9-20-12-16(21)14-5-3-4-6-15(14)19;/h3-8,11,16,20H,9-10,12H2,1-2H3;1H. The molecule has 1 atom stereocenters. The number of benzene rings is 2. The Labute approximate surface area is 170 Å². The zero-order chi connectivity index (χ0) is 18.7. The first-order chi connectivity index (χ1) is 12.5. The number of hydrogen-bond acceptors (Lipinski definition) is 5. The summed E-state index contributed by atoms with van der Waals surface area (Å²) in [6, 6.07) is 11.5. The van der Waals surface area contributed by atoms with Gasteiger partial charge in [0.15, 0.2) is 11.5 Å². The van der Waals surface area contributed by atoms with Gasteiger partial charge >= 0.3 is 0 Å². The Kier molecular flexibility index (Phi) is 7.36. The van der Waals surface area contributed by atoms with E-state index in [4.69, 9.17) is 21.1 Å². The van der Waals surface area contributed by atoms with Crippen LogP contribution in [0.3, 0.4) is 0 Å². The molecule has 27 heavy (non-hydrogen) atoms. The lowest BCUT2D eigenvalue weighted by molar-refractivity contribution is 0.271. The van der Waals surface area contributed by atoms with Crippen LogP contribution >= 0.6 is 24.0 Å². The summed E-state index contributed by atoms with van der Waals surface area (Å²) in [5.41, 5.74) is 0.783. The van der Waals surface area contributed by atoms with Gasteiger partial charge in [0, 0.05) is 30.7 Å². The maximum absolute atomic E-state index is 13.3. The molecule has 1 fully saturated rings. The number of nitrogens with one attached hydrogen (secondary N) is 1. The lowest BCUT2D eigenvalue weighted by Crippen LogP contribution is -2.48. The summed E-state index contributed by atoms with van der Waals surface area (Å²) in [5.74, 6) is 0.854. The molecule has 0 aromatic heterocycles. The van der Waals surface area contributed by atoms with Crippen LogP contribution in [0.5, 0.6) is 11.5 Å². The molecule has 1 N–H and O–H groups in total. The third-order valence-corrected chi connectivity index (χ3v) is 6.67. The summed E-state index contributed by atoms with van der Waals surface area (Å²) in [6.45, 7) is 1.43. The summed E-state index contributed by atoms with van der Waals surface area (Å²) >= 11 is 6.32. The van der Waals surface area contributed by atoms with E-state index in [1.807, 2.05) is 18.2 Å². The fraction of sp³-hybridized carbons (Fsp3) is 0.333. The van der Waals surface area contributed by atoms with Crippen LogP contribution in [-0.4, -0.2) is 46.6 Å². The fourth-order valence-corrected chi connectivity index (χ4v) is 4.98. The SMILES string of the molecule is COc1ccc(S(=O)(=O)N2CCNCC2c2ccccc2Cl)cc1OC.Cl. The molecule has 2 aromatic rings. The first kappa shape index (κ1) is 21.8. The number of nitrogens with zero attached hydrogens (tertiary/aromatic N) is 1. The molecule has 0 aliphatic carbocycles. The Balaban J connectivity index is 0.00000261. The highest BCUT2D eigenvalue weighted by molar-refractivity contribution is 7.89. The van der Waals surface area contributed by atoms with Crippen molar-refractivity contribution < 1.29 is 17.9 Å². The topological polar surface area (TPSA) is 67.9 Å². The van der Waals surface area contributed by atoms with Gasteiger partial charge in [-0.05, 0) is 23.8 Å². The largest absolute Gasteiger partial charge is 0.493 e. The Hall–Kier alpha value is -1.51. The van der Waals surface area contributed by atoms with Crippen LogP contribution in [0.1, 0.15) is 11.6 Å². The number of rotatable bonds is 5. The molecule has 1 aliphatic rings. The fourth-order valence-electron chi connectivity index (χ4n) is 3.10. The van der Waals surface area contributed by atoms with Crippen molar-refractivity contribution in [1.82, 2.24) is 9.62 Å². The van der Waals surface area contributed by atoms with Crippen molar-refractivity contribution in [2.24, 2.45) is 0 Å². The minimum absolute atomic E-state index is 0. The molecule has 1 aliphatic heterocycles. The molecule has 0 amide bonds. The number of piperazine rings is 1. The van der Waals surface area contributed by atoms with E-state index in [1.54, 1.807) is 12.1 Å². The van der Waals surface area contributed by atoms with Gasteiger partial charge in [-0.1, -0.05) is 29.8 Å². The van der Waals surface area contributed by atoms with Crippen molar-refractivity contribution >= 4 is 34.0 Å². The van der Waals surface area contributed by atoms with E-state index in [1.165, 1.54) is 30.7 Å². The summed E-state index contributed by atoms with van der Waals surface area (Å²) in [7, 11) is -0.747. The average molecular weight is 433 g/mol. The quantitative estimate of drug-likeness (QED) is 0.785. The Morgan fingerprint density at radius 1 is 1.11 bits per heavy atom. The molecule has 3 rings (SSSR count). The van der Waals surface area contributed by atoms with Crippen molar-refractivity contribution in [2.45, 2.75) is 10.9 Å². The van der Waals surface area contributed by atoms with Crippen LogP contribution in [-0.2, 0) is 10.0 Å². The summed E-state index contributed by atoms with van der Waals surface area (Å²) in [5, 5.41) is 3.80. The predicted octanol–water partition coefficient (Wildman–Crippen LogP) is 3.11. The van der Waals surface area contributed by atoms with Gasteiger partial charge in [-0.25, -0.2) is 8.42 Å². The molecule has 2 aromatic carbocycles. The molecule has 1 heterocycles. The highest BCUT2D eigenvalue weighted by Crippen LogP contribution is 2.35. The molecule has 0 bridgehead atoms. The number of methoxy groups -OCH3 is 2. The molecule has 1 unspecified atom stereocenters. The van der Waals surface area contributed by atoms with Crippen molar-refractivity contribution in [3.63, 3.8) is 0 Å². The second-order valence-electron chi connectivity index (χ2n) is 5.87. The van der Waals surface area contributed by atoms with Gasteiger partial charge < -0.3 is 14.8 Å². The highest BCUT2D eigenvalue weighted by atomic mass is 35.5. The summed E-state index contributed by atoms with van der Waals surface area (Å²) < 4.78 is 38.6. The minimum Gasteiger partial charge on any atom is -0.493 e. The van der Waals surface area contributed by atoms with Crippen LogP contribution in [0.2, 0.25) is 5.02 Å². The molecule has 0 spiro atoms. The third-order valence-electron chi connectivity index (χ3n) is 4.42. The molecule has 148 valence electrons. The Morgan fingerprint density at radius 3 is 2.48 bits per heavy atom. The smallest absolute Gasteiger partial charge is 0.243 e. The van der Waals surface area contributed by atoms with E-state index >= 15 is 0 Å². The summed E-state index contributed by atoms with van der Waals surface area (Å²) in [6.07, 6.45) is 0. The minimum atomic E-state index is -3.73. The molecule has 0 saturated carbocycles. The molecular weight excluding hydrogens is 411 g/mol. The normalized spacial score (nSPS) is 17.8. The van der Waals surface area contributed by atoms with Gasteiger partial charge in [0.2, 0.25) is 10.0 Å². The number of hydrogen-bond donors (Lipinski definition) is 1. The lowest BCUT2D eigenvalue weighted by Gasteiger charge is -2.36. The maximum Gasteiger partial charge on any atom is 0.243 e. The first-order valence-corrected chi connectivity index (χ1v) is 10.00. The first-order valence-electron chi connectivity index (χ1n) is 8.18. The van der Waals surface area contributed by atoms with Crippen molar-refractivity contribution in [1.29, 1.82) is 0 Å². The second-order valence-corrected chi connectivity index (χ2v) is 8.17. The van der Waals surface area contributed by atoms with E-state index < -0.39 is 10.0 Å². The number of halogens is 2. The van der Waals surface area contributed by atoms with E-state index in [9.17, 15) is 8.42 Å². The summed E-state index contributed by atoms with van der Waals surface area (Å²) in [4.78, 5) is 0.161. The zero-order valence-corrected chi connectivity index (χ0v) is 17.4. The lowest BCUT2D eigenvalue weighted by atomic mass is 10.1. The average Bonchev–Trinajstić information content (AvgIpc) is 2.67. The molecule has 6 nitrogen and oxygen atoms in total.